The summed E-state index contributed by atoms with van der Waals surface area (Å²) in [5.74, 6) is -0.473. The molecule has 130 valence electrons. The highest BCUT2D eigenvalue weighted by Crippen LogP contribution is 2.25. The van der Waals surface area contributed by atoms with Crippen LogP contribution in [0, 0.1) is 0 Å². The van der Waals surface area contributed by atoms with E-state index in [1.54, 1.807) is 13.0 Å². The van der Waals surface area contributed by atoms with Crippen molar-refractivity contribution in [1.29, 1.82) is 0 Å². The second-order valence-corrected chi connectivity index (χ2v) is 8.31. The van der Waals surface area contributed by atoms with Gasteiger partial charge in [-0.2, -0.15) is 0 Å². The number of ether oxygens (including phenoxy) is 1. The Hall–Kier alpha value is -1.11. The summed E-state index contributed by atoms with van der Waals surface area (Å²) >= 11 is 5.98. The van der Waals surface area contributed by atoms with Gasteiger partial charge in [-0.25, -0.2) is 13.1 Å². The molecule has 0 aromatic heterocycles. The maximum absolute atomic E-state index is 12.0. The molecule has 0 fully saturated rings. The average Bonchev–Trinajstić information content (AvgIpc) is 2.46. The van der Waals surface area contributed by atoms with Crippen LogP contribution in [0.15, 0.2) is 24.3 Å². The Morgan fingerprint density at radius 2 is 2.04 bits per heavy atom. The lowest BCUT2D eigenvalue weighted by atomic mass is 9.85. The van der Waals surface area contributed by atoms with E-state index >= 15 is 0 Å². The van der Waals surface area contributed by atoms with E-state index in [9.17, 15) is 13.2 Å². The molecule has 0 spiro atoms. The molecule has 1 aromatic rings. The fourth-order valence-electron chi connectivity index (χ4n) is 2.01. The summed E-state index contributed by atoms with van der Waals surface area (Å²) in [6.07, 6.45) is 0.345. The largest absolute Gasteiger partial charge is 0.466 e. The van der Waals surface area contributed by atoms with Crippen LogP contribution in [0.2, 0.25) is 5.02 Å². The first kappa shape index (κ1) is 19.9. The van der Waals surface area contributed by atoms with Crippen molar-refractivity contribution in [3.8, 4) is 0 Å². The highest BCUT2D eigenvalue weighted by molar-refractivity contribution is 7.89. The van der Waals surface area contributed by atoms with Gasteiger partial charge in [-0.1, -0.05) is 37.6 Å². The van der Waals surface area contributed by atoms with Gasteiger partial charge < -0.3 is 4.74 Å². The molecule has 0 saturated carbocycles. The standard InChI is InChI=1S/C16H24ClNO4S/c1-4-22-15(19)9-6-10-23(20,21)18-12-16(2,3)13-7-5-8-14(17)11-13/h5,7-8,11,18H,4,6,9-10,12H2,1-3H3. The summed E-state index contributed by atoms with van der Waals surface area (Å²) in [6.45, 7) is 6.17. The Kier molecular flexibility index (Phi) is 7.51. The summed E-state index contributed by atoms with van der Waals surface area (Å²) in [5, 5.41) is 0.618. The van der Waals surface area contributed by atoms with E-state index < -0.39 is 10.0 Å². The molecule has 23 heavy (non-hydrogen) atoms. The van der Waals surface area contributed by atoms with Gasteiger partial charge in [-0.05, 0) is 31.0 Å². The van der Waals surface area contributed by atoms with Crippen molar-refractivity contribution in [3.05, 3.63) is 34.9 Å². The molecular weight excluding hydrogens is 338 g/mol. The Morgan fingerprint density at radius 3 is 2.65 bits per heavy atom. The summed E-state index contributed by atoms with van der Waals surface area (Å²) in [5.41, 5.74) is 0.568. The zero-order valence-electron chi connectivity index (χ0n) is 13.8. The van der Waals surface area contributed by atoms with Crippen LogP contribution < -0.4 is 4.72 Å². The summed E-state index contributed by atoms with van der Waals surface area (Å²) < 4.78 is 31.4. The second kappa shape index (κ2) is 8.66. The van der Waals surface area contributed by atoms with Crippen molar-refractivity contribution in [1.82, 2.24) is 4.72 Å². The fourth-order valence-corrected chi connectivity index (χ4v) is 3.45. The number of halogens is 1. The summed E-state index contributed by atoms with van der Waals surface area (Å²) in [6, 6.07) is 7.37. The average molecular weight is 362 g/mol. The third-order valence-corrected chi connectivity index (χ3v) is 5.08. The van der Waals surface area contributed by atoms with Crippen LogP contribution >= 0.6 is 11.6 Å². The first-order chi connectivity index (χ1) is 10.7. The Labute approximate surface area is 143 Å². The topological polar surface area (TPSA) is 72.5 Å². The van der Waals surface area contributed by atoms with Crippen molar-refractivity contribution in [3.63, 3.8) is 0 Å². The highest BCUT2D eigenvalue weighted by atomic mass is 35.5. The van der Waals surface area contributed by atoms with E-state index in [1.165, 1.54) is 0 Å². The number of hydrogen-bond acceptors (Lipinski definition) is 4. The normalized spacial score (nSPS) is 12.2. The number of carbonyl (C=O) groups is 1. The summed E-state index contributed by atoms with van der Waals surface area (Å²) in [7, 11) is -3.43. The van der Waals surface area contributed by atoms with Crippen molar-refractivity contribution in [2.45, 2.75) is 39.0 Å². The van der Waals surface area contributed by atoms with Gasteiger partial charge in [0.25, 0.3) is 0 Å². The van der Waals surface area contributed by atoms with Crippen LogP contribution in [-0.2, 0) is 25.0 Å². The molecule has 0 radical (unpaired) electrons. The van der Waals surface area contributed by atoms with Gasteiger partial charge in [0, 0.05) is 23.4 Å². The molecule has 0 aliphatic heterocycles. The van der Waals surface area contributed by atoms with Crippen molar-refractivity contribution < 1.29 is 17.9 Å². The lowest BCUT2D eigenvalue weighted by Crippen LogP contribution is -2.37. The van der Waals surface area contributed by atoms with E-state index in [0.717, 1.165) is 5.56 Å². The van der Waals surface area contributed by atoms with Crippen molar-refractivity contribution in [2.24, 2.45) is 0 Å². The van der Waals surface area contributed by atoms with Gasteiger partial charge in [0.2, 0.25) is 10.0 Å². The second-order valence-electron chi connectivity index (χ2n) is 5.94. The molecule has 5 nitrogen and oxygen atoms in total. The summed E-state index contributed by atoms with van der Waals surface area (Å²) in [4.78, 5) is 11.2. The predicted octanol–water partition coefficient (Wildman–Crippen LogP) is 2.88. The number of carbonyl (C=O) groups excluding carboxylic acids is 1. The van der Waals surface area contributed by atoms with E-state index in [1.807, 2.05) is 32.0 Å². The number of benzene rings is 1. The van der Waals surface area contributed by atoms with Gasteiger partial charge in [-0.3, -0.25) is 4.79 Å². The van der Waals surface area contributed by atoms with Crippen LogP contribution in [0.25, 0.3) is 0 Å². The molecule has 0 saturated heterocycles. The molecule has 0 heterocycles. The monoisotopic (exact) mass is 361 g/mol. The minimum Gasteiger partial charge on any atom is -0.466 e. The quantitative estimate of drug-likeness (QED) is 0.686. The Balaban J connectivity index is 2.53. The number of sulfonamides is 1. The van der Waals surface area contributed by atoms with Crippen molar-refractivity contribution >= 4 is 27.6 Å². The van der Waals surface area contributed by atoms with Crippen molar-refractivity contribution in [2.75, 3.05) is 18.9 Å². The third kappa shape index (κ3) is 7.33. The van der Waals surface area contributed by atoms with Crippen LogP contribution in [0.5, 0.6) is 0 Å². The van der Waals surface area contributed by atoms with Gasteiger partial charge in [-0.15, -0.1) is 0 Å². The molecule has 0 unspecified atom stereocenters. The van der Waals surface area contributed by atoms with Crippen LogP contribution in [0.1, 0.15) is 39.2 Å². The van der Waals surface area contributed by atoms with Crippen LogP contribution in [0.4, 0.5) is 0 Å². The van der Waals surface area contributed by atoms with Gasteiger partial charge in [0.15, 0.2) is 0 Å². The first-order valence-electron chi connectivity index (χ1n) is 7.55. The van der Waals surface area contributed by atoms with Gasteiger partial charge in [0.05, 0.1) is 12.4 Å². The molecule has 0 aliphatic rings. The van der Waals surface area contributed by atoms with Crippen LogP contribution in [-0.4, -0.2) is 33.3 Å². The number of nitrogens with one attached hydrogen (secondary N) is 1. The molecule has 1 rings (SSSR count). The minimum atomic E-state index is -3.43. The molecule has 1 N–H and O–H groups in total. The Bertz CT molecular complexity index is 629. The molecular formula is C16H24ClNO4S. The zero-order chi connectivity index (χ0) is 17.5. The molecule has 1 aromatic carbocycles. The maximum Gasteiger partial charge on any atom is 0.305 e. The molecule has 0 amide bonds. The maximum atomic E-state index is 12.0. The number of hydrogen-bond donors (Lipinski definition) is 1. The van der Waals surface area contributed by atoms with E-state index in [0.29, 0.717) is 11.6 Å². The van der Waals surface area contributed by atoms with E-state index in [4.69, 9.17) is 16.3 Å². The predicted molar refractivity (Wildman–Crippen MR) is 92.1 cm³/mol. The smallest absolute Gasteiger partial charge is 0.305 e. The molecule has 0 atom stereocenters. The van der Waals surface area contributed by atoms with E-state index in [-0.39, 0.29) is 36.5 Å². The van der Waals surface area contributed by atoms with Crippen LogP contribution in [0.3, 0.4) is 0 Å². The van der Waals surface area contributed by atoms with Gasteiger partial charge in [0.1, 0.15) is 0 Å². The number of esters is 1. The molecule has 7 heteroatoms. The van der Waals surface area contributed by atoms with Gasteiger partial charge >= 0.3 is 5.97 Å². The molecule has 0 bridgehead atoms. The zero-order valence-corrected chi connectivity index (χ0v) is 15.3. The highest BCUT2D eigenvalue weighted by Gasteiger charge is 2.23. The SMILES string of the molecule is CCOC(=O)CCCS(=O)(=O)NCC(C)(C)c1cccc(Cl)c1. The Morgan fingerprint density at radius 1 is 1.35 bits per heavy atom. The minimum absolute atomic E-state index is 0.0998. The third-order valence-electron chi connectivity index (χ3n) is 3.44. The molecule has 0 aliphatic carbocycles. The number of rotatable bonds is 9. The van der Waals surface area contributed by atoms with E-state index in [2.05, 4.69) is 4.72 Å². The fraction of sp³-hybridized carbons (Fsp3) is 0.562. The lowest BCUT2D eigenvalue weighted by molar-refractivity contribution is -0.143. The first-order valence-corrected chi connectivity index (χ1v) is 9.58. The lowest BCUT2D eigenvalue weighted by Gasteiger charge is -2.25.